The Kier molecular flexibility index (Phi) is 2.84. The average molecular weight is 184 g/mol. The third-order valence-electron chi connectivity index (χ3n) is 2.42. The number of rotatable bonds is 1. The van der Waals surface area contributed by atoms with Crippen LogP contribution < -0.4 is 5.32 Å². The van der Waals surface area contributed by atoms with Gasteiger partial charge in [0.1, 0.15) is 0 Å². The maximum atomic E-state index is 11.6. The van der Waals surface area contributed by atoms with Crippen LogP contribution in [-0.4, -0.2) is 29.6 Å². The predicted octanol–water partition coefficient (Wildman–Crippen LogP) is 1.98. The summed E-state index contributed by atoms with van der Waals surface area (Å²) in [5, 5.41) is 2.96. The van der Waals surface area contributed by atoms with Crippen molar-refractivity contribution in [1.82, 2.24) is 10.2 Å². The number of carbonyl (C=O) groups is 1. The topological polar surface area (TPSA) is 32.3 Å². The molecule has 0 atom stereocenters. The van der Waals surface area contributed by atoms with Crippen LogP contribution in [0.1, 0.15) is 40.0 Å². The van der Waals surface area contributed by atoms with Gasteiger partial charge in [0, 0.05) is 18.6 Å². The van der Waals surface area contributed by atoms with Crippen LogP contribution in [0.15, 0.2) is 0 Å². The largest absolute Gasteiger partial charge is 0.333 e. The number of nitrogens with one attached hydrogen (secondary N) is 1. The molecule has 0 heterocycles. The second-order valence-electron chi connectivity index (χ2n) is 4.88. The Hall–Kier alpha value is -0.730. The summed E-state index contributed by atoms with van der Waals surface area (Å²) >= 11 is 0. The van der Waals surface area contributed by atoms with Gasteiger partial charge in [0.25, 0.3) is 0 Å². The molecule has 0 unspecified atom stereocenters. The Bertz CT molecular complexity index is 192. The first-order chi connectivity index (χ1) is 5.90. The van der Waals surface area contributed by atoms with Gasteiger partial charge in [0.05, 0.1) is 0 Å². The Labute approximate surface area is 80.5 Å². The average Bonchev–Trinajstić information content (AvgIpc) is 1.78. The molecule has 0 aromatic rings. The highest BCUT2D eigenvalue weighted by molar-refractivity contribution is 5.75. The first kappa shape index (κ1) is 10.4. The molecule has 13 heavy (non-hydrogen) atoms. The molecule has 0 aliphatic heterocycles. The van der Waals surface area contributed by atoms with E-state index >= 15 is 0 Å². The van der Waals surface area contributed by atoms with Crippen LogP contribution >= 0.6 is 0 Å². The zero-order valence-electron chi connectivity index (χ0n) is 9.05. The van der Waals surface area contributed by atoms with Crippen molar-refractivity contribution in [2.75, 3.05) is 7.05 Å². The summed E-state index contributed by atoms with van der Waals surface area (Å²) in [6.07, 6.45) is 3.58. The van der Waals surface area contributed by atoms with Gasteiger partial charge in [-0.3, -0.25) is 0 Å². The minimum atomic E-state index is -0.130. The van der Waals surface area contributed by atoms with Gasteiger partial charge >= 0.3 is 6.03 Å². The molecule has 3 nitrogen and oxygen atoms in total. The Morgan fingerprint density at radius 1 is 1.38 bits per heavy atom. The molecule has 2 amide bonds. The maximum Gasteiger partial charge on any atom is 0.317 e. The van der Waals surface area contributed by atoms with Crippen molar-refractivity contribution in [3.05, 3.63) is 0 Å². The molecule has 1 rings (SSSR count). The van der Waals surface area contributed by atoms with Crippen LogP contribution in [0.4, 0.5) is 4.79 Å². The monoisotopic (exact) mass is 184 g/mol. The first-order valence-corrected chi connectivity index (χ1v) is 4.95. The number of hydrogen-bond donors (Lipinski definition) is 1. The highest BCUT2D eigenvalue weighted by atomic mass is 16.2. The summed E-state index contributed by atoms with van der Waals surface area (Å²) in [4.78, 5) is 13.4. The molecule has 1 N–H and O–H groups in total. The normalized spacial score (nSPS) is 17.8. The van der Waals surface area contributed by atoms with E-state index in [9.17, 15) is 4.79 Å². The summed E-state index contributed by atoms with van der Waals surface area (Å²) in [7, 11) is 1.88. The lowest BCUT2D eigenvalue weighted by Crippen LogP contribution is -2.51. The third-order valence-corrected chi connectivity index (χ3v) is 2.42. The van der Waals surface area contributed by atoms with E-state index in [1.807, 2.05) is 32.7 Å². The number of nitrogens with zero attached hydrogens (tertiary/aromatic N) is 1. The molecule has 0 saturated heterocycles. The number of amides is 2. The zero-order valence-corrected chi connectivity index (χ0v) is 9.05. The van der Waals surface area contributed by atoms with Crippen molar-refractivity contribution in [3.8, 4) is 0 Å². The van der Waals surface area contributed by atoms with E-state index < -0.39 is 0 Å². The van der Waals surface area contributed by atoms with E-state index in [2.05, 4.69) is 5.32 Å². The highest BCUT2D eigenvalue weighted by Gasteiger charge is 2.27. The SMILES string of the molecule is CN(C(=O)NC(C)(C)C)C1CCC1. The summed E-state index contributed by atoms with van der Waals surface area (Å²) in [6.45, 7) is 6.00. The molecular weight excluding hydrogens is 164 g/mol. The van der Waals surface area contributed by atoms with E-state index in [4.69, 9.17) is 0 Å². The highest BCUT2D eigenvalue weighted by Crippen LogP contribution is 2.23. The maximum absolute atomic E-state index is 11.6. The Morgan fingerprint density at radius 3 is 2.23 bits per heavy atom. The van der Waals surface area contributed by atoms with Gasteiger partial charge in [0.2, 0.25) is 0 Å². The van der Waals surface area contributed by atoms with Crippen LogP contribution in [0, 0.1) is 0 Å². The van der Waals surface area contributed by atoms with Crippen LogP contribution in [-0.2, 0) is 0 Å². The molecule has 1 fully saturated rings. The van der Waals surface area contributed by atoms with Crippen LogP contribution in [0.5, 0.6) is 0 Å². The molecule has 0 aromatic heterocycles. The van der Waals surface area contributed by atoms with Crippen molar-refractivity contribution in [1.29, 1.82) is 0 Å². The van der Waals surface area contributed by atoms with Gasteiger partial charge in [0.15, 0.2) is 0 Å². The molecule has 76 valence electrons. The lowest BCUT2D eigenvalue weighted by Gasteiger charge is -2.36. The molecular formula is C10H20N2O. The third kappa shape index (κ3) is 2.90. The van der Waals surface area contributed by atoms with E-state index in [1.54, 1.807) is 0 Å². The van der Waals surface area contributed by atoms with Gasteiger partial charge in [-0.2, -0.15) is 0 Å². The Balaban J connectivity index is 2.38. The molecule has 3 heteroatoms. The minimum absolute atomic E-state index is 0.0530. The molecule has 0 aromatic carbocycles. The zero-order chi connectivity index (χ0) is 10.1. The van der Waals surface area contributed by atoms with E-state index in [0.29, 0.717) is 6.04 Å². The van der Waals surface area contributed by atoms with Crippen molar-refractivity contribution >= 4 is 6.03 Å². The molecule has 0 spiro atoms. The summed E-state index contributed by atoms with van der Waals surface area (Å²) in [6, 6.07) is 0.527. The van der Waals surface area contributed by atoms with Gasteiger partial charge in [-0.1, -0.05) is 0 Å². The van der Waals surface area contributed by atoms with Crippen LogP contribution in [0.2, 0.25) is 0 Å². The molecule has 1 saturated carbocycles. The molecule has 1 aliphatic carbocycles. The smallest absolute Gasteiger partial charge is 0.317 e. The lowest BCUT2D eigenvalue weighted by atomic mass is 9.92. The second kappa shape index (κ2) is 3.56. The minimum Gasteiger partial charge on any atom is -0.333 e. The van der Waals surface area contributed by atoms with Crippen molar-refractivity contribution in [2.45, 2.75) is 51.6 Å². The number of urea groups is 1. The predicted molar refractivity (Wildman–Crippen MR) is 53.7 cm³/mol. The quantitative estimate of drug-likeness (QED) is 0.664. The fourth-order valence-electron chi connectivity index (χ4n) is 1.35. The van der Waals surface area contributed by atoms with Gasteiger partial charge in [-0.25, -0.2) is 4.79 Å². The number of carbonyl (C=O) groups excluding carboxylic acids is 1. The fraction of sp³-hybridized carbons (Fsp3) is 0.900. The van der Waals surface area contributed by atoms with E-state index in [1.165, 1.54) is 6.42 Å². The second-order valence-corrected chi connectivity index (χ2v) is 4.88. The van der Waals surface area contributed by atoms with Crippen molar-refractivity contribution in [3.63, 3.8) is 0 Å². The van der Waals surface area contributed by atoms with Gasteiger partial charge < -0.3 is 10.2 Å². The standard InChI is InChI=1S/C10H20N2O/c1-10(2,3)11-9(13)12(4)8-6-5-7-8/h8H,5-7H2,1-4H3,(H,11,13). The lowest BCUT2D eigenvalue weighted by molar-refractivity contribution is 0.151. The van der Waals surface area contributed by atoms with Gasteiger partial charge in [-0.05, 0) is 40.0 Å². The van der Waals surface area contributed by atoms with Gasteiger partial charge in [-0.15, -0.1) is 0 Å². The molecule has 0 bridgehead atoms. The van der Waals surface area contributed by atoms with Crippen molar-refractivity contribution in [2.24, 2.45) is 0 Å². The number of hydrogen-bond acceptors (Lipinski definition) is 1. The van der Waals surface area contributed by atoms with Crippen LogP contribution in [0.3, 0.4) is 0 Å². The molecule has 0 radical (unpaired) electrons. The first-order valence-electron chi connectivity index (χ1n) is 4.95. The van der Waals surface area contributed by atoms with E-state index in [0.717, 1.165) is 12.8 Å². The molecule has 1 aliphatic rings. The summed E-state index contributed by atoms with van der Waals surface area (Å²) < 4.78 is 0. The fourth-order valence-corrected chi connectivity index (χ4v) is 1.35. The van der Waals surface area contributed by atoms with E-state index in [-0.39, 0.29) is 11.6 Å². The Morgan fingerprint density at radius 2 is 1.92 bits per heavy atom. The summed E-state index contributed by atoms with van der Waals surface area (Å²) in [5.74, 6) is 0. The van der Waals surface area contributed by atoms with Crippen molar-refractivity contribution < 1.29 is 4.79 Å². The summed E-state index contributed by atoms with van der Waals surface area (Å²) in [5.41, 5.74) is -0.130. The van der Waals surface area contributed by atoms with Crippen LogP contribution in [0.25, 0.3) is 0 Å².